The van der Waals surface area contributed by atoms with Crippen LogP contribution in [0.25, 0.3) is 5.65 Å². The minimum Gasteiger partial charge on any atom is -0.462 e. The SMILES string of the molecule is CCOC(=O)c1c(Nc2ccccc2)sc(C(=O)c2cnc3ccc(C)cn23)c1C. The van der Waals surface area contributed by atoms with Crippen LogP contribution in [0.3, 0.4) is 0 Å². The molecule has 0 saturated carbocycles. The number of esters is 1. The van der Waals surface area contributed by atoms with Crippen LogP contribution >= 0.6 is 11.3 Å². The first-order valence-electron chi connectivity index (χ1n) is 9.60. The van der Waals surface area contributed by atoms with Gasteiger partial charge in [0.05, 0.1) is 23.2 Å². The van der Waals surface area contributed by atoms with Crippen molar-refractivity contribution >= 4 is 39.4 Å². The molecule has 0 aliphatic heterocycles. The topological polar surface area (TPSA) is 72.7 Å². The number of ether oxygens (including phenoxy) is 1. The molecule has 1 aromatic carbocycles. The number of aryl methyl sites for hydroxylation is 1. The standard InChI is InChI=1S/C23H21N3O3S/c1-4-29-23(28)19-15(3)21(30-22(19)25-16-8-6-5-7-9-16)20(27)17-12-24-18-11-10-14(2)13-26(17)18/h5-13,25H,4H2,1-3H3. The fourth-order valence-electron chi connectivity index (χ4n) is 3.29. The van der Waals surface area contributed by atoms with Crippen molar-refractivity contribution in [2.24, 2.45) is 0 Å². The van der Waals surface area contributed by atoms with E-state index in [0.717, 1.165) is 11.3 Å². The highest BCUT2D eigenvalue weighted by Gasteiger charge is 2.27. The van der Waals surface area contributed by atoms with Crippen LogP contribution in [0, 0.1) is 13.8 Å². The van der Waals surface area contributed by atoms with Gasteiger partial charge in [0.2, 0.25) is 5.78 Å². The second-order valence-corrected chi connectivity index (χ2v) is 7.90. The predicted octanol–water partition coefficient (Wildman–Crippen LogP) is 5.16. The summed E-state index contributed by atoms with van der Waals surface area (Å²) in [6, 6.07) is 13.4. The Morgan fingerprint density at radius 1 is 1.13 bits per heavy atom. The van der Waals surface area contributed by atoms with Gasteiger partial charge >= 0.3 is 5.97 Å². The minimum absolute atomic E-state index is 0.178. The van der Waals surface area contributed by atoms with Crippen LogP contribution in [0.1, 0.15) is 43.8 Å². The van der Waals surface area contributed by atoms with Crippen molar-refractivity contribution in [3.8, 4) is 0 Å². The highest BCUT2D eigenvalue weighted by molar-refractivity contribution is 7.18. The van der Waals surface area contributed by atoms with E-state index in [0.29, 0.717) is 32.3 Å². The van der Waals surface area contributed by atoms with Gasteiger partial charge in [-0.05, 0) is 50.1 Å². The van der Waals surface area contributed by atoms with Gasteiger partial charge in [-0.3, -0.25) is 9.20 Å². The van der Waals surface area contributed by atoms with Gasteiger partial charge in [-0.2, -0.15) is 0 Å². The molecule has 4 rings (SSSR count). The van der Waals surface area contributed by atoms with Crippen molar-refractivity contribution in [3.05, 3.63) is 82.1 Å². The molecule has 0 aliphatic rings. The van der Waals surface area contributed by atoms with Crippen LogP contribution in [-0.4, -0.2) is 27.7 Å². The van der Waals surface area contributed by atoms with Gasteiger partial charge in [-0.15, -0.1) is 11.3 Å². The number of anilines is 2. The van der Waals surface area contributed by atoms with Gasteiger partial charge in [0.15, 0.2) is 0 Å². The maximum Gasteiger partial charge on any atom is 0.341 e. The number of carbonyl (C=O) groups excluding carboxylic acids is 2. The molecule has 4 aromatic rings. The summed E-state index contributed by atoms with van der Waals surface area (Å²) in [4.78, 5) is 30.9. The van der Waals surface area contributed by atoms with Gasteiger partial charge < -0.3 is 10.1 Å². The number of hydrogen-bond acceptors (Lipinski definition) is 6. The van der Waals surface area contributed by atoms with E-state index >= 15 is 0 Å². The van der Waals surface area contributed by atoms with E-state index in [1.165, 1.54) is 11.3 Å². The maximum absolute atomic E-state index is 13.4. The molecule has 152 valence electrons. The number of nitrogens with one attached hydrogen (secondary N) is 1. The minimum atomic E-state index is -0.447. The number of para-hydroxylation sites is 1. The number of rotatable bonds is 6. The lowest BCUT2D eigenvalue weighted by atomic mass is 10.1. The van der Waals surface area contributed by atoms with Crippen LogP contribution in [0.4, 0.5) is 10.7 Å². The van der Waals surface area contributed by atoms with Gasteiger partial charge in [0.25, 0.3) is 0 Å². The summed E-state index contributed by atoms with van der Waals surface area (Å²) < 4.78 is 7.04. The smallest absolute Gasteiger partial charge is 0.341 e. The lowest BCUT2D eigenvalue weighted by Gasteiger charge is -2.07. The molecule has 1 N–H and O–H groups in total. The lowest BCUT2D eigenvalue weighted by molar-refractivity contribution is 0.0527. The molecule has 0 atom stereocenters. The quantitative estimate of drug-likeness (QED) is 0.345. The lowest BCUT2D eigenvalue weighted by Crippen LogP contribution is -2.09. The summed E-state index contributed by atoms with van der Waals surface area (Å²) in [6.07, 6.45) is 3.46. The molecule has 3 heterocycles. The van der Waals surface area contributed by atoms with E-state index in [1.54, 1.807) is 24.4 Å². The summed E-state index contributed by atoms with van der Waals surface area (Å²) in [7, 11) is 0. The Morgan fingerprint density at radius 2 is 1.90 bits per heavy atom. The maximum atomic E-state index is 13.4. The molecule has 0 spiro atoms. The first-order chi connectivity index (χ1) is 14.5. The van der Waals surface area contributed by atoms with Crippen molar-refractivity contribution in [2.45, 2.75) is 20.8 Å². The number of ketones is 1. The third-order valence-electron chi connectivity index (χ3n) is 4.75. The zero-order chi connectivity index (χ0) is 21.3. The highest BCUT2D eigenvalue weighted by atomic mass is 32.1. The number of pyridine rings is 1. The normalized spacial score (nSPS) is 10.9. The summed E-state index contributed by atoms with van der Waals surface area (Å²) in [5, 5.41) is 3.85. The van der Waals surface area contributed by atoms with Crippen LogP contribution in [-0.2, 0) is 4.74 Å². The summed E-state index contributed by atoms with van der Waals surface area (Å²) in [5.41, 5.74) is 4.00. The molecule has 3 aromatic heterocycles. The van der Waals surface area contributed by atoms with E-state index < -0.39 is 5.97 Å². The first kappa shape index (κ1) is 19.8. The van der Waals surface area contributed by atoms with E-state index in [-0.39, 0.29) is 12.4 Å². The first-order valence-corrected chi connectivity index (χ1v) is 10.4. The predicted molar refractivity (Wildman–Crippen MR) is 118 cm³/mol. The fraction of sp³-hybridized carbons (Fsp3) is 0.174. The van der Waals surface area contributed by atoms with Gasteiger partial charge in [0.1, 0.15) is 16.3 Å². The van der Waals surface area contributed by atoms with Crippen molar-refractivity contribution in [1.82, 2.24) is 9.38 Å². The fourth-order valence-corrected chi connectivity index (χ4v) is 4.45. The van der Waals surface area contributed by atoms with Crippen molar-refractivity contribution in [2.75, 3.05) is 11.9 Å². The van der Waals surface area contributed by atoms with Crippen LogP contribution in [0.15, 0.2) is 54.9 Å². The summed E-state index contributed by atoms with van der Waals surface area (Å²) >= 11 is 1.25. The number of nitrogens with zero attached hydrogens (tertiary/aromatic N) is 2. The Labute approximate surface area is 178 Å². The Bertz CT molecular complexity index is 1240. The summed E-state index contributed by atoms with van der Waals surface area (Å²) in [6.45, 7) is 5.76. The molecular weight excluding hydrogens is 398 g/mol. The number of fused-ring (bicyclic) bond motifs is 1. The molecular formula is C23H21N3O3S. The Kier molecular flexibility index (Phi) is 5.37. The Balaban J connectivity index is 1.81. The molecule has 0 amide bonds. The van der Waals surface area contributed by atoms with Crippen LogP contribution in [0.2, 0.25) is 0 Å². The van der Waals surface area contributed by atoms with Crippen molar-refractivity contribution in [3.63, 3.8) is 0 Å². The number of thiophene rings is 1. The van der Waals surface area contributed by atoms with E-state index in [1.807, 2.05) is 55.6 Å². The third-order valence-corrected chi connectivity index (χ3v) is 5.96. The molecule has 0 aliphatic carbocycles. The third kappa shape index (κ3) is 3.59. The number of aromatic nitrogens is 2. The van der Waals surface area contributed by atoms with E-state index in [4.69, 9.17) is 4.74 Å². The second kappa shape index (κ2) is 8.12. The molecule has 30 heavy (non-hydrogen) atoms. The van der Waals surface area contributed by atoms with Gasteiger partial charge in [-0.1, -0.05) is 24.3 Å². The molecule has 6 nitrogen and oxygen atoms in total. The zero-order valence-electron chi connectivity index (χ0n) is 16.9. The summed E-state index contributed by atoms with van der Waals surface area (Å²) in [5.74, 6) is -0.625. The number of benzene rings is 1. The van der Waals surface area contributed by atoms with E-state index in [9.17, 15) is 9.59 Å². The van der Waals surface area contributed by atoms with Crippen LogP contribution in [0.5, 0.6) is 0 Å². The Morgan fingerprint density at radius 3 is 2.63 bits per heavy atom. The second-order valence-electron chi connectivity index (χ2n) is 6.88. The highest BCUT2D eigenvalue weighted by Crippen LogP contribution is 2.37. The molecule has 0 bridgehead atoms. The van der Waals surface area contributed by atoms with Gasteiger partial charge in [0, 0.05) is 11.9 Å². The average molecular weight is 420 g/mol. The number of hydrogen-bond donors (Lipinski definition) is 1. The van der Waals surface area contributed by atoms with Crippen molar-refractivity contribution in [1.29, 1.82) is 0 Å². The number of carbonyl (C=O) groups is 2. The molecule has 0 unspecified atom stereocenters. The van der Waals surface area contributed by atoms with Crippen molar-refractivity contribution < 1.29 is 14.3 Å². The van der Waals surface area contributed by atoms with Gasteiger partial charge in [-0.25, -0.2) is 9.78 Å². The molecule has 7 heteroatoms. The molecule has 0 fully saturated rings. The largest absolute Gasteiger partial charge is 0.462 e. The zero-order valence-corrected chi connectivity index (χ0v) is 17.7. The molecule has 0 saturated heterocycles. The number of imidazole rings is 1. The van der Waals surface area contributed by atoms with E-state index in [2.05, 4.69) is 10.3 Å². The molecule has 0 radical (unpaired) electrons. The average Bonchev–Trinajstić information content (AvgIpc) is 3.29. The Hall–Kier alpha value is -3.45. The van der Waals surface area contributed by atoms with Crippen LogP contribution < -0.4 is 5.32 Å². The monoisotopic (exact) mass is 419 g/mol.